The topological polar surface area (TPSA) is 93.5 Å². The first-order valence-electron chi connectivity index (χ1n) is 7.46. The van der Waals surface area contributed by atoms with Crippen molar-refractivity contribution in [2.45, 2.75) is 6.42 Å². The number of nitrogens with zero attached hydrogens (tertiary/aromatic N) is 2. The molecule has 0 saturated carbocycles. The van der Waals surface area contributed by atoms with Crippen molar-refractivity contribution in [1.29, 1.82) is 0 Å². The van der Waals surface area contributed by atoms with Crippen molar-refractivity contribution < 1.29 is 19.4 Å². The third-order valence-corrected chi connectivity index (χ3v) is 3.83. The Bertz CT molecular complexity index is 993. The van der Waals surface area contributed by atoms with Crippen molar-refractivity contribution in [3.8, 4) is 17.2 Å². The predicted molar refractivity (Wildman–Crippen MR) is 89.2 cm³/mol. The standard InChI is InChI=1S/C18H16N2O5/c1-24-15-8-13-14(9-16(15)25-2)19-10-20(18(13)23)12-5-3-11(4-6-12)7-17(21)22/h3-6,8-10H,7H2,1-2H3,(H,21,22)/p-1. The van der Waals surface area contributed by atoms with Gasteiger partial charge in [0.2, 0.25) is 0 Å². The second-order valence-electron chi connectivity index (χ2n) is 5.36. The van der Waals surface area contributed by atoms with Crippen LogP contribution in [0.5, 0.6) is 11.5 Å². The summed E-state index contributed by atoms with van der Waals surface area (Å²) < 4.78 is 11.8. The normalized spacial score (nSPS) is 10.6. The van der Waals surface area contributed by atoms with Crippen LogP contribution in [0.15, 0.2) is 47.5 Å². The Hall–Kier alpha value is -3.35. The fourth-order valence-corrected chi connectivity index (χ4v) is 2.57. The van der Waals surface area contributed by atoms with E-state index in [2.05, 4.69) is 4.98 Å². The average Bonchev–Trinajstić information content (AvgIpc) is 2.61. The molecule has 0 N–H and O–H groups in total. The van der Waals surface area contributed by atoms with Gasteiger partial charge in [0.15, 0.2) is 11.5 Å². The zero-order valence-electron chi connectivity index (χ0n) is 13.7. The largest absolute Gasteiger partial charge is 0.550 e. The third kappa shape index (κ3) is 3.16. The van der Waals surface area contributed by atoms with E-state index in [0.29, 0.717) is 33.7 Å². The van der Waals surface area contributed by atoms with E-state index in [1.165, 1.54) is 25.1 Å². The van der Waals surface area contributed by atoms with E-state index in [-0.39, 0.29) is 12.0 Å². The Morgan fingerprint density at radius 3 is 2.36 bits per heavy atom. The summed E-state index contributed by atoms with van der Waals surface area (Å²) in [6.07, 6.45) is 1.24. The maximum atomic E-state index is 12.8. The summed E-state index contributed by atoms with van der Waals surface area (Å²) in [4.78, 5) is 27.7. The molecule has 0 bridgehead atoms. The smallest absolute Gasteiger partial charge is 0.265 e. The highest BCUT2D eigenvalue weighted by atomic mass is 16.5. The van der Waals surface area contributed by atoms with E-state index in [9.17, 15) is 14.7 Å². The molecule has 0 unspecified atom stereocenters. The fraction of sp³-hybridized carbons (Fsp3) is 0.167. The number of benzene rings is 2. The maximum Gasteiger partial charge on any atom is 0.265 e. The van der Waals surface area contributed by atoms with Gasteiger partial charge in [0.05, 0.1) is 30.8 Å². The van der Waals surface area contributed by atoms with Crippen LogP contribution in [0.2, 0.25) is 0 Å². The molecule has 1 aromatic heterocycles. The summed E-state index contributed by atoms with van der Waals surface area (Å²) in [6, 6.07) is 9.82. The van der Waals surface area contributed by atoms with Gasteiger partial charge >= 0.3 is 0 Å². The highest BCUT2D eigenvalue weighted by Crippen LogP contribution is 2.29. The summed E-state index contributed by atoms with van der Waals surface area (Å²) in [7, 11) is 3.01. The Morgan fingerprint density at radius 2 is 1.76 bits per heavy atom. The number of methoxy groups -OCH3 is 2. The number of fused-ring (bicyclic) bond motifs is 1. The zero-order chi connectivity index (χ0) is 18.0. The number of rotatable bonds is 5. The molecule has 2 aromatic carbocycles. The van der Waals surface area contributed by atoms with Gasteiger partial charge in [-0.1, -0.05) is 12.1 Å². The molecule has 0 spiro atoms. The van der Waals surface area contributed by atoms with E-state index >= 15 is 0 Å². The number of aliphatic carboxylic acids is 1. The van der Waals surface area contributed by atoms with Gasteiger partial charge in [0, 0.05) is 18.5 Å². The van der Waals surface area contributed by atoms with Gasteiger partial charge < -0.3 is 19.4 Å². The van der Waals surface area contributed by atoms with Crippen LogP contribution in [-0.4, -0.2) is 29.7 Å². The van der Waals surface area contributed by atoms with Crippen LogP contribution in [0.3, 0.4) is 0 Å². The quantitative estimate of drug-likeness (QED) is 0.679. The van der Waals surface area contributed by atoms with Gasteiger partial charge in [0.1, 0.15) is 6.33 Å². The van der Waals surface area contributed by atoms with Crippen molar-refractivity contribution in [3.05, 3.63) is 58.6 Å². The van der Waals surface area contributed by atoms with Gasteiger partial charge in [-0.25, -0.2) is 4.98 Å². The molecule has 1 heterocycles. The summed E-state index contributed by atoms with van der Waals surface area (Å²) in [5.41, 5.74) is 1.40. The Morgan fingerprint density at radius 1 is 1.12 bits per heavy atom. The third-order valence-electron chi connectivity index (χ3n) is 3.83. The Balaban J connectivity index is 2.09. The first-order chi connectivity index (χ1) is 12.0. The molecule has 7 nitrogen and oxygen atoms in total. The average molecular weight is 339 g/mol. The molecule has 0 aliphatic carbocycles. The molecule has 0 aliphatic rings. The number of hydrogen-bond acceptors (Lipinski definition) is 6. The Kier molecular flexibility index (Phi) is 4.38. The van der Waals surface area contributed by atoms with Gasteiger partial charge in [-0.05, 0) is 23.8 Å². The number of aromatic nitrogens is 2. The Labute approximate surface area is 143 Å². The molecule has 128 valence electrons. The van der Waals surface area contributed by atoms with Crippen LogP contribution in [0, 0.1) is 0 Å². The molecule has 0 fully saturated rings. The summed E-state index contributed by atoms with van der Waals surface area (Å²) in [5, 5.41) is 11.0. The monoisotopic (exact) mass is 339 g/mol. The van der Waals surface area contributed by atoms with Crippen molar-refractivity contribution in [2.75, 3.05) is 14.2 Å². The summed E-state index contributed by atoms with van der Waals surface area (Å²) in [5.74, 6) is -0.222. The number of ether oxygens (including phenoxy) is 2. The molecule has 0 saturated heterocycles. The lowest BCUT2D eigenvalue weighted by atomic mass is 10.1. The van der Waals surface area contributed by atoms with Crippen molar-refractivity contribution in [1.82, 2.24) is 9.55 Å². The van der Waals surface area contributed by atoms with E-state index in [1.807, 2.05) is 0 Å². The minimum absolute atomic E-state index is 0.178. The van der Waals surface area contributed by atoms with Gasteiger partial charge in [0.25, 0.3) is 5.56 Å². The van der Waals surface area contributed by atoms with Crippen molar-refractivity contribution in [3.63, 3.8) is 0 Å². The highest BCUT2D eigenvalue weighted by molar-refractivity contribution is 5.82. The van der Waals surface area contributed by atoms with Crippen LogP contribution in [0.1, 0.15) is 5.56 Å². The van der Waals surface area contributed by atoms with Gasteiger partial charge in [-0.15, -0.1) is 0 Å². The summed E-state index contributed by atoms with van der Waals surface area (Å²) in [6.45, 7) is 0. The molecular formula is C18H15N2O5-. The molecule has 0 radical (unpaired) electrons. The zero-order valence-corrected chi connectivity index (χ0v) is 13.7. The predicted octanol–water partition coefficient (Wildman–Crippen LogP) is 0.695. The van der Waals surface area contributed by atoms with E-state index in [0.717, 1.165) is 0 Å². The van der Waals surface area contributed by atoms with Crippen LogP contribution in [-0.2, 0) is 11.2 Å². The second kappa shape index (κ2) is 6.64. The van der Waals surface area contributed by atoms with Gasteiger partial charge in [-0.3, -0.25) is 9.36 Å². The van der Waals surface area contributed by atoms with E-state index < -0.39 is 5.97 Å². The van der Waals surface area contributed by atoms with E-state index in [4.69, 9.17) is 9.47 Å². The van der Waals surface area contributed by atoms with Gasteiger partial charge in [-0.2, -0.15) is 0 Å². The van der Waals surface area contributed by atoms with Crippen molar-refractivity contribution in [2.24, 2.45) is 0 Å². The minimum Gasteiger partial charge on any atom is -0.550 e. The molecule has 0 amide bonds. The molecule has 3 rings (SSSR count). The lowest BCUT2D eigenvalue weighted by molar-refractivity contribution is -0.304. The first-order valence-corrected chi connectivity index (χ1v) is 7.46. The molecule has 3 aromatic rings. The van der Waals surface area contributed by atoms with Crippen LogP contribution in [0.4, 0.5) is 0 Å². The number of carboxylic acid groups (broad SMARTS) is 1. The molecular weight excluding hydrogens is 324 g/mol. The summed E-state index contributed by atoms with van der Waals surface area (Å²) >= 11 is 0. The lowest BCUT2D eigenvalue weighted by Crippen LogP contribution is -2.24. The van der Waals surface area contributed by atoms with Crippen LogP contribution in [0.25, 0.3) is 16.6 Å². The molecule has 0 atom stereocenters. The number of carbonyl (C=O) groups excluding carboxylic acids is 1. The SMILES string of the molecule is COc1cc2ncn(-c3ccc(CC(=O)[O-])cc3)c(=O)c2cc1OC. The van der Waals surface area contributed by atoms with Crippen molar-refractivity contribution >= 4 is 16.9 Å². The number of hydrogen-bond donors (Lipinski definition) is 0. The second-order valence-corrected chi connectivity index (χ2v) is 5.36. The number of carboxylic acids is 1. The number of carbonyl (C=O) groups is 1. The lowest BCUT2D eigenvalue weighted by Gasteiger charge is -2.11. The fourth-order valence-electron chi connectivity index (χ4n) is 2.57. The van der Waals surface area contributed by atoms with E-state index in [1.54, 1.807) is 36.4 Å². The minimum atomic E-state index is -1.15. The molecule has 25 heavy (non-hydrogen) atoms. The highest BCUT2D eigenvalue weighted by Gasteiger charge is 2.11. The first kappa shape index (κ1) is 16.5. The maximum absolute atomic E-state index is 12.8. The molecule has 7 heteroatoms. The molecule has 0 aliphatic heterocycles. The van der Waals surface area contributed by atoms with Crippen LogP contribution < -0.4 is 20.1 Å². The van der Waals surface area contributed by atoms with Crippen LogP contribution >= 0.6 is 0 Å².